The van der Waals surface area contributed by atoms with Gasteiger partial charge in [-0.05, 0) is 81.9 Å². The second-order valence-corrected chi connectivity index (χ2v) is 10.1. The van der Waals surface area contributed by atoms with Gasteiger partial charge in [0.25, 0.3) is 0 Å². The number of halogens is 1. The highest BCUT2D eigenvalue weighted by atomic mass is 79.9. The minimum atomic E-state index is 1.09. The zero-order valence-corrected chi connectivity index (χ0v) is 22.4. The molecule has 0 N–H and O–H groups in total. The van der Waals surface area contributed by atoms with Crippen LogP contribution in [0.3, 0.4) is 0 Å². The van der Waals surface area contributed by atoms with Gasteiger partial charge in [0.1, 0.15) is 0 Å². The number of hydrogen-bond donors (Lipinski definition) is 0. The van der Waals surface area contributed by atoms with Gasteiger partial charge in [-0.1, -0.05) is 125 Å². The van der Waals surface area contributed by atoms with E-state index in [9.17, 15) is 0 Å². The summed E-state index contributed by atoms with van der Waals surface area (Å²) in [6.07, 6.45) is 0. The SMILES string of the molecule is Brc1ccc(-c2ccc(-c3ccc(N(c4ccccc4)c4ccc(-c5ccccc5)cc4)cc3)cc2)cc1. The van der Waals surface area contributed by atoms with Gasteiger partial charge in [-0.2, -0.15) is 0 Å². The molecule has 6 aromatic carbocycles. The van der Waals surface area contributed by atoms with Crippen LogP contribution < -0.4 is 4.90 Å². The van der Waals surface area contributed by atoms with E-state index >= 15 is 0 Å². The summed E-state index contributed by atoms with van der Waals surface area (Å²) in [6, 6.07) is 55.9. The number of anilines is 3. The summed E-state index contributed by atoms with van der Waals surface area (Å²) in [5, 5.41) is 0. The molecule has 0 fully saturated rings. The normalized spacial score (nSPS) is 10.8. The molecule has 38 heavy (non-hydrogen) atoms. The fraction of sp³-hybridized carbons (Fsp3) is 0. The number of benzene rings is 6. The van der Waals surface area contributed by atoms with Crippen molar-refractivity contribution in [3.05, 3.63) is 162 Å². The van der Waals surface area contributed by atoms with Crippen LogP contribution in [0.2, 0.25) is 0 Å². The molecule has 0 saturated carbocycles. The molecule has 0 saturated heterocycles. The van der Waals surface area contributed by atoms with Crippen LogP contribution in [0.4, 0.5) is 17.1 Å². The highest BCUT2D eigenvalue weighted by Crippen LogP contribution is 2.36. The second kappa shape index (κ2) is 10.9. The van der Waals surface area contributed by atoms with Gasteiger partial charge in [0.15, 0.2) is 0 Å². The van der Waals surface area contributed by atoms with Gasteiger partial charge in [0.05, 0.1) is 0 Å². The summed E-state index contributed by atoms with van der Waals surface area (Å²) in [6.45, 7) is 0. The van der Waals surface area contributed by atoms with E-state index in [1.807, 2.05) is 0 Å². The highest BCUT2D eigenvalue weighted by Gasteiger charge is 2.13. The monoisotopic (exact) mass is 551 g/mol. The Hall–Kier alpha value is -4.40. The summed E-state index contributed by atoms with van der Waals surface area (Å²) in [4.78, 5) is 2.30. The molecule has 6 aromatic rings. The van der Waals surface area contributed by atoms with Crippen LogP contribution in [-0.4, -0.2) is 0 Å². The molecule has 0 atom stereocenters. The van der Waals surface area contributed by atoms with Gasteiger partial charge >= 0.3 is 0 Å². The number of nitrogens with zero attached hydrogens (tertiary/aromatic N) is 1. The zero-order chi connectivity index (χ0) is 25.7. The molecule has 2 heteroatoms. The van der Waals surface area contributed by atoms with E-state index in [1.54, 1.807) is 0 Å². The predicted octanol–water partition coefficient (Wildman–Crippen LogP) is 10.9. The third-order valence-electron chi connectivity index (χ3n) is 6.77. The largest absolute Gasteiger partial charge is 0.311 e. The molecular weight excluding hydrogens is 526 g/mol. The van der Waals surface area contributed by atoms with Crippen molar-refractivity contribution in [2.24, 2.45) is 0 Å². The van der Waals surface area contributed by atoms with Gasteiger partial charge in [0.2, 0.25) is 0 Å². The summed E-state index contributed by atoms with van der Waals surface area (Å²) in [5.41, 5.74) is 10.6. The summed E-state index contributed by atoms with van der Waals surface area (Å²) < 4.78 is 1.09. The fourth-order valence-corrected chi connectivity index (χ4v) is 5.02. The van der Waals surface area contributed by atoms with E-state index in [0.29, 0.717) is 0 Å². The van der Waals surface area contributed by atoms with Gasteiger partial charge in [-0.15, -0.1) is 0 Å². The Balaban J connectivity index is 1.29. The van der Waals surface area contributed by atoms with E-state index in [2.05, 4.69) is 179 Å². The molecule has 0 amide bonds. The second-order valence-electron chi connectivity index (χ2n) is 9.21. The van der Waals surface area contributed by atoms with Crippen molar-refractivity contribution in [2.75, 3.05) is 4.90 Å². The van der Waals surface area contributed by atoms with Crippen molar-refractivity contribution in [3.63, 3.8) is 0 Å². The Bertz CT molecular complexity index is 1610. The van der Waals surface area contributed by atoms with Crippen molar-refractivity contribution >= 4 is 33.0 Å². The average molecular weight is 553 g/mol. The minimum Gasteiger partial charge on any atom is -0.311 e. The number of hydrogen-bond acceptors (Lipinski definition) is 1. The molecular formula is C36H26BrN. The van der Waals surface area contributed by atoms with E-state index in [0.717, 1.165) is 21.5 Å². The molecule has 0 spiro atoms. The fourth-order valence-electron chi connectivity index (χ4n) is 4.76. The van der Waals surface area contributed by atoms with Crippen LogP contribution in [-0.2, 0) is 0 Å². The first-order valence-electron chi connectivity index (χ1n) is 12.7. The predicted molar refractivity (Wildman–Crippen MR) is 165 cm³/mol. The first kappa shape index (κ1) is 24.0. The molecule has 0 heterocycles. The molecule has 0 aromatic heterocycles. The maximum absolute atomic E-state index is 3.52. The lowest BCUT2D eigenvalue weighted by atomic mass is 10.00. The van der Waals surface area contributed by atoms with Crippen molar-refractivity contribution in [3.8, 4) is 33.4 Å². The van der Waals surface area contributed by atoms with Gasteiger partial charge in [-0.25, -0.2) is 0 Å². The number of rotatable bonds is 6. The van der Waals surface area contributed by atoms with Gasteiger partial charge in [0, 0.05) is 21.5 Å². The van der Waals surface area contributed by atoms with E-state index < -0.39 is 0 Å². The van der Waals surface area contributed by atoms with E-state index in [-0.39, 0.29) is 0 Å². The van der Waals surface area contributed by atoms with Crippen molar-refractivity contribution < 1.29 is 0 Å². The van der Waals surface area contributed by atoms with Crippen molar-refractivity contribution in [1.82, 2.24) is 0 Å². The maximum atomic E-state index is 3.52. The minimum absolute atomic E-state index is 1.09. The molecule has 0 aliphatic carbocycles. The van der Waals surface area contributed by atoms with Crippen LogP contribution >= 0.6 is 15.9 Å². The van der Waals surface area contributed by atoms with Crippen LogP contribution in [0, 0.1) is 0 Å². The standard InChI is InChI=1S/C36H26BrN/c37-33-21-15-30(16-22-33)28-11-13-29(14-12-28)32-19-25-36(26-20-32)38(34-9-5-2-6-10-34)35-23-17-31(18-24-35)27-7-3-1-4-8-27/h1-26H. The Morgan fingerprint density at radius 1 is 0.289 bits per heavy atom. The summed E-state index contributed by atoms with van der Waals surface area (Å²) in [7, 11) is 0. The molecule has 0 aliphatic rings. The van der Waals surface area contributed by atoms with Crippen LogP contribution in [0.25, 0.3) is 33.4 Å². The average Bonchev–Trinajstić information content (AvgIpc) is 3.00. The Kier molecular flexibility index (Phi) is 6.89. The first-order valence-corrected chi connectivity index (χ1v) is 13.5. The van der Waals surface area contributed by atoms with Crippen LogP contribution in [0.1, 0.15) is 0 Å². The molecule has 6 rings (SSSR count). The molecule has 0 radical (unpaired) electrons. The topological polar surface area (TPSA) is 3.24 Å². The molecule has 0 unspecified atom stereocenters. The number of para-hydroxylation sites is 1. The first-order chi connectivity index (χ1) is 18.7. The zero-order valence-electron chi connectivity index (χ0n) is 20.8. The third-order valence-corrected chi connectivity index (χ3v) is 7.30. The third kappa shape index (κ3) is 5.18. The maximum Gasteiger partial charge on any atom is 0.0462 e. The van der Waals surface area contributed by atoms with Crippen molar-refractivity contribution in [1.29, 1.82) is 0 Å². The molecule has 0 aliphatic heterocycles. The van der Waals surface area contributed by atoms with E-state index in [1.165, 1.54) is 33.4 Å². The Morgan fingerprint density at radius 3 is 1.00 bits per heavy atom. The lowest BCUT2D eigenvalue weighted by molar-refractivity contribution is 1.28. The molecule has 182 valence electrons. The summed E-state index contributed by atoms with van der Waals surface area (Å²) in [5.74, 6) is 0. The molecule has 0 bridgehead atoms. The molecule has 1 nitrogen and oxygen atoms in total. The van der Waals surface area contributed by atoms with Crippen LogP contribution in [0.5, 0.6) is 0 Å². The van der Waals surface area contributed by atoms with Crippen molar-refractivity contribution in [2.45, 2.75) is 0 Å². The van der Waals surface area contributed by atoms with Crippen LogP contribution in [0.15, 0.2) is 162 Å². The lowest BCUT2D eigenvalue weighted by Crippen LogP contribution is -2.09. The quantitative estimate of drug-likeness (QED) is 0.199. The lowest BCUT2D eigenvalue weighted by Gasteiger charge is -2.26. The van der Waals surface area contributed by atoms with E-state index in [4.69, 9.17) is 0 Å². The Morgan fingerprint density at radius 2 is 0.579 bits per heavy atom. The summed E-state index contributed by atoms with van der Waals surface area (Å²) >= 11 is 3.52. The highest BCUT2D eigenvalue weighted by molar-refractivity contribution is 9.10. The smallest absolute Gasteiger partial charge is 0.0462 e. The van der Waals surface area contributed by atoms with Gasteiger partial charge in [-0.3, -0.25) is 0 Å². The van der Waals surface area contributed by atoms with Gasteiger partial charge < -0.3 is 4.90 Å². The Labute approximate surface area is 232 Å².